The Labute approximate surface area is 147 Å². The molecule has 0 bridgehead atoms. The quantitative estimate of drug-likeness (QED) is 0.784. The SMILES string of the molecule is O=C(/C=C\c1ccccc1)N1CCC[C@H](Cc2nc(C3CC3)no2)C1. The van der Waals surface area contributed by atoms with Gasteiger partial charge in [-0.15, -0.1) is 0 Å². The predicted molar refractivity (Wildman–Crippen MR) is 94.8 cm³/mol. The molecule has 1 aliphatic carbocycles. The van der Waals surface area contributed by atoms with E-state index >= 15 is 0 Å². The molecule has 5 nitrogen and oxygen atoms in total. The van der Waals surface area contributed by atoms with Gasteiger partial charge >= 0.3 is 0 Å². The zero-order valence-electron chi connectivity index (χ0n) is 14.3. The summed E-state index contributed by atoms with van der Waals surface area (Å²) in [7, 11) is 0. The van der Waals surface area contributed by atoms with E-state index in [-0.39, 0.29) is 5.91 Å². The lowest BCUT2D eigenvalue weighted by Crippen LogP contribution is -2.39. The van der Waals surface area contributed by atoms with E-state index in [1.54, 1.807) is 6.08 Å². The third-order valence-electron chi connectivity index (χ3n) is 4.94. The normalized spacial score (nSPS) is 21.0. The number of hydrogen-bond donors (Lipinski definition) is 0. The molecular weight excluding hydrogens is 314 g/mol. The highest BCUT2D eigenvalue weighted by Crippen LogP contribution is 2.38. The number of hydrogen-bond acceptors (Lipinski definition) is 4. The first-order valence-electron chi connectivity index (χ1n) is 9.12. The standard InChI is InChI=1S/C20H23N3O2/c24-19(11-8-15-5-2-1-3-6-15)23-12-4-7-16(14-23)13-18-21-20(22-25-18)17-9-10-17/h1-3,5-6,8,11,16-17H,4,7,9-10,12-14H2/b11-8-/t16-/m1/s1. The van der Waals surface area contributed by atoms with Crippen molar-refractivity contribution in [2.24, 2.45) is 5.92 Å². The van der Waals surface area contributed by atoms with Crippen LogP contribution in [0.1, 0.15) is 48.9 Å². The van der Waals surface area contributed by atoms with Crippen LogP contribution in [-0.4, -0.2) is 34.0 Å². The monoisotopic (exact) mass is 337 g/mol. The van der Waals surface area contributed by atoms with Crippen molar-refractivity contribution in [2.75, 3.05) is 13.1 Å². The van der Waals surface area contributed by atoms with Crippen LogP contribution in [0.5, 0.6) is 0 Å². The van der Waals surface area contributed by atoms with Gasteiger partial charge in [0.25, 0.3) is 0 Å². The molecule has 0 spiro atoms. The lowest BCUT2D eigenvalue weighted by atomic mass is 9.94. The molecule has 1 saturated carbocycles. The second-order valence-corrected chi connectivity index (χ2v) is 7.06. The molecule has 2 heterocycles. The van der Waals surface area contributed by atoms with Crippen molar-refractivity contribution in [3.8, 4) is 0 Å². The molecule has 0 radical (unpaired) electrons. The summed E-state index contributed by atoms with van der Waals surface area (Å²) in [5.41, 5.74) is 1.04. The van der Waals surface area contributed by atoms with Gasteiger partial charge in [-0.3, -0.25) is 4.79 Å². The highest BCUT2D eigenvalue weighted by Gasteiger charge is 2.30. The molecule has 130 valence electrons. The van der Waals surface area contributed by atoms with Crippen LogP contribution >= 0.6 is 0 Å². The molecule has 5 heteroatoms. The van der Waals surface area contributed by atoms with Crippen LogP contribution < -0.4 is 0 Å². The van der Waals surface area contributed by atoms with E-state index in [2.05, 4.69) is 10.1 Å². The number of piperidine rings is 1. The number of carbonyl (C=O) groups excluding carboxylic acids is 1. The molecule has 1 saturated heterocycles. The number of rotatable bonds is 5. The number of benzene rings is 1. The van der Waals surface area contributed by atoms with Crippen molar-refractivity contribution in [1.29, 1.82) is 0 Å². The number of nitrogens with zero attached hydrogens (tertiary/aromatic N) is 3. The first-order valence-corrected chi connectivity index (χ1v) is 9.12. The Hall–Kier alpha value is -2.43. The van der Waals surface area contributed by atoms with Crippen LogP contribution in [0.4, 0.5) is 0 Å². The predicted octanol–water partition coefficient (Wildman–Crippen LogP) is 3.44. The summed E-state index contributed by atoms with van der Waals surface area (Å²) in [6, 6.07) is 9.91. The van der Waals surface area contributed by atoms with Crippen LogP contribution in [0.3, 0.4) is 0 Å². The van der Waals surface area contributed by atoms with E-state index in [9.17, 15) is 4.79 Å². The second kappa shape index (κ2) is 7.21. The molecule has 4 rings (SSSR count). The summed E-state index contributed by atoms with van der Waals surface area (Å²) in [4.78, 5) is 18.9. The van der Waals surface area contributed by atoms with E-state index < -0.39 is 0 Å². The largest absolute Gasteiger partial charge is 0.339 e. The van der Waals surface area contributed by atoms with E-state index in [0.717, 1.165) is 49.6 Å². The van der Waals surface area contributed by atoms with Gasteiger partial charge in [-0.1, -0.05) is 35.5 Å². The zero-order chi connectivity index (χ0) is 17.1. The van der Waals surface area contributed by atoms with Gasteiger partial charge < -0.3 is 9.42 Å². The summed E-state index contributed by atoms with van der Waals surface area (Å²) in [5, 5.41) is 4.08. The fourth-order valence-corrected chi connectivity index (χ4v) is 3.37. The van der Waals surface area contributed by atoms with Gasteiger partial charge in [0.2, 0.25) is 11.8 Å². The fourth-order valence-electron chi connectivity index (χ4n) is 3.37. The van der Waals surface area contributed by atoms with Crippen molar-refractivity contribution in [1.82, 2.24) is 15.0 Å². The van der Waals surface area contributed by atoms with Crippen LogP contribution in [0.15, 0.2) is 40.9 Å². The maximum absolute atomic E-state index is 12.5. The van der Waals surface area contributed by atoms with Gasteiger partial charge in [0, 0.05) is 31.5 Å². The highest BCUT2D eigenvalue weighted by atomic mass is 16.5. The summed E-state index contributed by atoms with van der Waals surface area (Å²) in [5.74, 6) is 2.59. The van der Waals surface area contributed by atoms with Gasteiger partial charge in [0.1, 0.15) is 0 Å². The first-order chi connectivity index (χ1) is 12.3. The molecule has 25 heavy (non-hydrogen) atoms. The van der Waals surface area contributed by atoms with Gasteiger partial charge in [-0.05, 0) is 43.2 Å². The van der Waals surface area contributed by atoms with Crippen molar-refractivity contribution in [3.63, 3.8) is 0 Å². The summed E-state index contributed by atoms with van der Waals surface area (Å²) < 4.78 is 5.39. The Morgan fingerprint density at radius 3 is 2.88 bits per heavy atom. The van der Waals surface area contributed by atoms with Crippen molar-refractivity contribution in [3.05, 3.63) is 53.7 Å². The Morgan fingerprint density at radius 1 is 1.24 bits per heavy atom. The highest BCUT2D eigenvalue weighted by molar-refractivity contribution is 5.91. The van der Waals surface area contributed by atoms with E-state index in [1.165, 1.54) is 12.8 Å². The molecule has 0 unspecified atom stereocenters. The van der Waals surface area contributed by atoms with Crippen molar-refractivity contribution < 1.29 is 9.32 Å². The summed E-state index contributed by atoms with van der Waals surface area (Å²) in [6.45, 7) is 1.59. The Morgan fingerprint density at radius 2 is 2.08 bits per heavy atom. The smallest absolute Gasteiger partial charge is 0.246 e. The second-order valence-electron chi connectivity index (χ2n) is 7.06. The molecule has 1 aliphatic heterocycles. The Balaban J connectivity index is 1.33. The van der Waals surface area contributed by atoms with Gasteiger partial charge in [-0.25, -0.2) is 0 Å². The van der Waals surface area contributed by atoms with Gasteiger partial charge in [0.15, 0.2) is 5.82 Å². The zero-order valence-corrected chi connectivity index (χ0v) is 14.3. The molecule has 2 aromatic rings. The van der Waals surface area contributed by atoms with Gasteiger partial charge in [-0.2, -0.15) is 4.98 Å². The topological polar surface area (TPSA) is 59.2 Å². The minimum absolute atomic E-state index is 0.0813. The molecule has 1 aromatic heterocycles. The number of aromatic nitrogens is 2. The molecule has 0 N–H and O–H groups in total. The van der Waals surface area contributed by atoms with Gasteiger partial charge in [0.05, 0.1) is 0 Å². The number of amides is 1. The molecule has 2 fully saturated rings. The van der Waals surface area contributed by atoms with Crippen molar-refractivity contribution in [2.45, 2.75) is 38.0 Å². The van der Waals surface area contributed by atoms with E-state index in [0.29, 0.717) is 11.8 Å². The molecule has 2 aliphatic rings. The van der Waals surface area contributed by atoms with Crippen LogP contribution in [0, 0.1) is 5.92 Å². The molecule has 1 atom stereocenters. The van der Waals surface area contributed by atoms with Crippen LogP contribution in [-0.2, 0) is 11.2 Å². The molecule has 1 amide bonds. The maximum atomic E-state index is 12.5. The minimum atomic E-state index is 0.0813. The third kappa shape index (κ3) is 4.16. The minimum Gasteiger partial charge on any atom is -0.339 e. The Bertz CT molecular complexity index is 749. The number of carbonyl (C=O) groups is 1. The van der Waals surface area contributed by atoms with Crippen LogP contribution in [0.25, 0.3) is 6.08 Å². The molecular formula is C20H23N3O2. The van der Waals surface area contributed by atoms with Crippen LogP contribution in [0.2, 0.25) is 0 Å². The number of likely N-dealkylation sites (tertiary alicyclic amines) is 1. The van der Waals surface area contributed by atoms with E-state index in [1.807, 2.05) is 41.3 Å². The Kier molecular flexibility index (Phi) is 4.63. The fraction of sp³-hybridized carbons (Fsp3) is 0.450. The first kappa shape index (κ1) is 16.1. The summed E-state index contributed by atoms with van der Waals surface area (Å²) >= 11 is 0. The average molecular weight is 337 g/mol. The average Bonchev–Trinajstić information content (AvgIpc) is 3.40. The lowest BCUT2D eigenvalue weighted by Gasteiger charge is -2.31. The lowest BCUT2D eigenvalue weighted by molar-refractivity contribution is -0.127. The summed E-state index contributed by atoms with van der Waals surface area (Å²) in [6.07, 6.45) is 8.82. The molecule has 1 aromatic carbocycles. The van der Waals surface area contributed by atoms with Crippen molar-refractivity contribution >= 4 is 12.0 Å². The maximum Gasteiger partial charge on any atom is 0.246 e. The van der Waals surface area contributed by atoms with E-state index in [4.69, 9.17) is 4.52 Å². The third-order valence-corrected chi connectivity index (χ3v) is 4.94.